The minimum atomic E-state index is -1.10. The Kier molecular flexibility index (Phi) is 33.3. The molecule has 0 spiro atoms. The molecule has 0 bridgehead atoms. The molecule has 0 aliphatic carbocycles. The molecule has 5 nitrogen and oxygen atoms in total. The minimum absolute atomic E-state index is 0.381. The molecule has 3 atom stereocenters. The van der Waals surface area contributed by atoms with Crippen LogP contribution in [0.15, 0.2) is 36.5 Å². The number of unbranched alkanes of at least 4 members (excludes halogenated alkanes) is 21. The van der Waals surface area contributed by atoms with E-state index in [0.29, 0.717) is 6.42 Å². The molecule has 0 aliphatic rings. The minimum Gasteiger partial charge on any atom is -0.394 e. The van der Waals surface area contributed by atoms with E-state index in [1.807, 2.05) is 6.08 Å². The van der Waals surface area contributed by atoms with Crippen molar-refractivity contribution in [2.24, 2.45) is 0 Å². The summed E-state index contributed by atoms with van der Waals surface area (Å²) in [5.74, 6) is -0.523. The molecule has 0 saturated heterocycles. The van der Waals surface area contributed by atoms with Gasteiger partial charge in [0.2, 0.25) is 5.91 Å². The predicted octanol–water partition coefficient (Wildman–Crippen LogP) is 10.0. The number of hydrogen-bond donors (Lipinski definition) is 4. The van der Waals surface area contributed by atoms with Crippen LogP contribution in [0.25, 0.3) is 0 Å². The van der Waals surface area contributed by atoms with Crippen LogP contribution in [-0.4, -0.2) is 46.1 Å². The third-order valence-corrected chi connectivity index (χ3v) is 8.46. The second-order valence-electron chi connectivity index (χ2n) is 12.8. The predicted molar refractivity (Wildman–Crippen MR) is 190 cm³/mol. The summed E-state index contributed by atoms with van der Waals surface area (Å²) in [4.78, 5) is 12.3. The Labute approximate surface area is 273 Å². The van der Waals surface area contributed by atoms with E-state index in [1.54, 1.807) is 6.08 Å². The molecule has 258 valence electrons. The lowest BCUT2D eigenvalue weighted by atomic mass is 10.0. The summed E-state index contributed by atoms with van der Waals surface area (Å²) in [7, 11) is 0. The van der Waals surface area contributed by atoms with Gasteiger partial charge < -0.3 is 20.6 Å². The first kappa shape index (κ1) is 42.6. The van der Waals surface area contributed by atoms with Gasteiger partial charge in [-0.15, -0.1) is 0 Å². The van der Waals surface area contributed by atoms with E-state index in [0.717, 1.165) is 44.9 Å². The molecule has 5 heteroatoms. The summed E-state index contributed by atoms with van der Waals surface area (Å²) in [5, 5.41) is 32.8. The Bertz CT molecular complexity index is 690. The van der Waals surface area contributed by atoms with Crippen molar-refractivity contribution in [3.63, 3.8) is 0 Å². The fourth-order valence-corrected chi connectivity index (χ4v) is 5.45. The molecule has 1 amide bonds. The fourth-order valence-electron chi connectivity index (χ4n) is 5.45. The van der Waals surface area contributed by atoms with E-state index >= 15 is 0 Å². The second kappa shape index (κ2) is 34.4. The second-order valence-corrected chi connectivity index (χ2v) is 12.8. The third kappa shape index (κ3) is 29.3. The number of aliphatic hydroxyl groups excluding tert-OH is 3. The average Bonchev–Trinajstić information content (AvgIpc) is 3.03. The molecule has 0 rings (SSSR count). The maximum absolute atomic E-state index is 12.3. The Balaban J connectivity index is 3.76. The van der Waals surface area contributed by atoms with E-state index in [9.17, 15) is 20.1 Å². The number of aliphatic hydroxyl groups is 3. The average molecular weight is 620 g/mol. The van der Waals surface area contributed by atoms with Gasteiger partial charge in [0.1, 0.15) is 6.10 Å². The number of allylic oxidation sites excluding steroid dienone is 5. The van der Waals surface area contributed by atoms with Gasteiger partial charge in [0, 0.05) is 0 Å². The van der Waals surface area contributed by atoms with E-state index in [1.165, 1.54) is 116 Å². The maximum atomic E-state index is 12.3. The summed E-state index contributed by atoms with van der Waals surface area (Å²) in [6.07, 6.45) is 41.8. The highest BCUT2D eigenvalue weighted by Crippen LogP contribution is 2.13. The van der Waals surface area contributed by atoms with Crippen LogP contribution >= 0.6 is 0 Å². The molecule has 0 aromatic heterocycles. The maximum Gasteiger partial charge on any atom is 0.249 e. The first-order valence-electron chi connectivity index (χ1n) is 18.8. The summed E-state index contributed by atoms with van der Waals surface area (Å²) in [6.45, 7) is 4.11. The van der Waals surface area contributed by atoms with E-state index in [4.69, 9.17) is 0 Å². The standard InChI is InChI=1S/C39H73NO4/c1-3-5-7-9-11-13-14-15-16-17-18-19-20-21-22-23-24-25-26-28-29-31-33-37(42)36(35-41)40-39(44)38(43)34-32-30-27-12-10-8-6-4-2/h21-22,25-26,31,33,36-38,41-43H,3-20,23-24,27-30,32,34-35H2,1-2H3,(H,40,44)/b22-21+,26-25+,33-31+. The van der Waals surface area contributed by atoms with Gasteiger partial charge in [0.05, 0.1) is 18.8 Å². The highest BCUT2D eigenvalue weighted by molar-refractivity contribution is 5.80. The fraction of sp³-hybridized carbons (Fsp3) is 0.821. The topological polar surface area (TPSA) is 89.8 Å². The molecule has 0 heterocycles. The molecular weight excluding hydrogens is 546 g/mol. The van der Waals surface area contributed by atoms with Crippen molar-refractivity contribution in [1.29, 1.82) is 0 Å². The van der Waals surface area contributed by atoms with Gasteiger partial charge in [0.25, 0.3) is 0 Å². The number of carbonyl (C=O) groups excluding carboxylic acids is 1. The SMILES string of the molecule is CCCCCCCCCCCCCC/C=C/CC/C=C/CC/C=C/C(O)C(CO)NC(=O)C(O)CCCCCCCCCC. The summed E-state index contributed by atoms with van der Waals surface area (Å²) in [5.41, 5.74) is 0. The van der Waals surface area contributed by atoms with Crippen LogP contribution in [0, 0.1) is 0 Å². The normalized spacial score (nSPS) is 14.2. The Morgan fingerprint density at radius 1 is 0.545 bits per heavy atom. The Morgan fingerprint density at radius 2 is 0.932 bits per heavy atom. The molecule has 0 fully saturated rings. The molecule has 44 heavy (non-hydrogen) atoms. The summed E-state index contributed by atoms with van der Waals surface area (Å²) >= 11 is 0. The van der Waals surface area contributed by atoms with E-state index < -0.39 is 24.2 Å². The van der Waals surface area contributed by atoms with E-state index in [2.05, 4.69) is 43.5 Å². The number of nitrogens with one attached hydrogen (secondary N) is 1. The third-order valence-electron chi connectivity index (χ3n) is 8.46. The highest BCUT2D eigenvalue weighted by Gasteiger charge is 2.22. The van der Waals surface area contributed by atoms with Crippen molar-refractivity contribution in [2.75, 3.05) is 6.61 Å². The van der Waals surface area contributed by atoms with Crippen molar-refractivity contribution >= 4 is 5.91 Å². The monoisotopic (exact) mass is 620 g/mol. The van der Waals surface area contributed by atoms with Gasteiger partial charge in [0.15, 0.2) is 0 Å². The van der Waals surface area contributed by atoms with Gasteiger partial charge in [-0.3, -0.25) is 4.79 Å². The molecule has 3 unspecified atom stereocenters. The lowest BCUT2D eigenvalue weighted by Crippen LogP contribution is -2.48. The van der Waals surface area contributed by atoms with Gasteiger partial charge in [-0.1, -0.05) is 172 Å². The largest absolute Gasteiger partial charge is 0.394 e. The van der Waals surface area contributed by atoms with Gasteiger partial charge in [-0.05, 0) is 44.9 Å². The van der Waals surface area contributed by atoms with Crippen LogP contribution in [0.5, 0.6) is 0 Å². The smallest absolute Gasteiger partial charge is 0.249 e. The Morgan fingerprint density at radius 3 is 1.39 bits per heavy atom. The van der Waals surface area contributed by atoms with Crippen molar-refractivity contribution in [1.82, 2.24) is 5.32 Å². The van der Waals surface area contributed by atoms with Crippen LogP contribution in [0.4, 0.5) is 0 Å². The van der Waals surface area contributed by atoms with Crippen LogP contribution < -0.4 is 5.32 Å². The first-order valence-corrected chi connectivity index (χ1v) is 18.8. The molecule has 4 N–H and O–H groups in total. The van der Waals surface area contributed by atoms with Gasteiger partial charge in [-0.2, -0.15) is 0 Å². The molecule has 0 radical (unpaired) electrons. The number of amides is 1. The van der Waals surface area contributed by atoms with Crippen LogP contribution in [0.2, 0.25) is 0 Å². The van der Waals surface area contributed by atoms with Crippen LogP contribution in [-0.2, 0) is 4.79 Å². The van der Waals surface area contributed by atoms with Crippen molar-refractivity contribution in [3.8, 4) is 0 Å². The molecular formula is C39H73NO4. The summed E-state index contributed by atoms with van der Waals surface area (Å²) in [6, 6.07) is -0.816. The molecule has 0 aromatic carbocycles. The van der Waals surface area contributed by atoms with Crippen molar-refractivity contribution in [2.45, 2.75) is 199 Å². The number of carbonyl (C=O) groups is 1. The van der Waals surface area contributed by atoms with Crippen molar-refractivity contribution in [3.05, 3.63) is 36.5 Å². The van der Waals surface area contributed by atoms with E-state index in [-0.39, 0.29) is 6.61 Å². The quantitative estimate of drug-likeness (QED) is 0.0435. The molecule has 0 saturated carbocycles. The van der Waals surface area contributed by atoms with Gasteiger partial charge in [-0.25, -0.2) is 0 Å². The number of hydrogen-bond acceptors (Lipinski definition) is 4. The first-order chi connectivity index (χ1) is 21.6. The zero-order chi connectivity index (χ0) is 32.4. The number of rotatable bonds is 33. The zero-order valence-electron chi connectivity index (χ0n) is 29.0. The lowest BCUT2D eigenvalue weighted by molar-refractivity contribution is -0.131. The highest BCUT2D eigenvalue weighted by atomic mass is 16.3. The molecule has 0 aromatic rings. The molecule has 0 aliphatic heterocycles. The Hall–Kier alpha value is -1.43. The van der Waals surface area contributed by atoms with Crippen LogP contribution in [0.1, 0.15) is 181 Å². The van der Waals surface area contributed by atoms with Crippen LogP contribution in [0.3, 0.4) is 0 Å². The van der Waals surface area contributed by atoms with Crippen molar-refractivity contribution < 1.29 is 20.1 Å². The lowest BCUT2D eigenvalue weighted by Gasteiger charge is -2.21. The summed E-state index contributed by atoms with van der Waals surface area (Å²) < 4.78 is 0. The van der Waals surface area contributed by atoms with Gasteiger partial charge >= 0.3 is 0 Å². The zero-order valence-corrected chi connectivity index (χ0v) is 29.0.